The molecular formula is C11H11BrFN3O2. The van der Waals surface area contributed by atoms with Crippen LogP contribution in [0, 0.1) is 5.82 Å². The van der Waals surface area contributed by atoms with Crippen LogP contribution in [-0.2, 0) is 4.74 Å². The largest absolute Gasteiger partial charge is 0.383 e. The lowest BCUT2D eigenvalue weighted by molar-refractivity contribution is 0.166. The van der Waals surface area contributed by atoms with E-state index in [1.165, 1.54) is 19.2 Å². The van der Waals surface area contributed by atoms with Crippen molar-refractivity contribution < 1.29 is 13.7 Å². The minimum atomic E-state index is -0.497. The van der Waals surface area contributed by atoms with Gasteiger partial charge in [0.15, 0.2) is 0 Å². The Labute approximate surface area is 111 Å². The Hall–Kier alpha value is -1.31. The van der Waals surface area contributed by atoms with Crippen LogP contribution in [0.4, 0.5) is 4.39 Å². The van der Waals surface area contributed by atoms with E-state index in [0.29, 0.717) is 10.0 Å². The van der Waals surface area contributed by atoms with Crippen LogP contribution in [0.2, 0.25) is 0 Å². The summed E-state index contributed by atoms with van der Waals surface area (Å²) in [5.41, 5.74) is 6.27. The molecule has 5 nitrogen and oxygen atoms in total. The molecule has 0 aliphatic rings. The minimum Gasteiger partial charge on any atom is -0.383 e. The van der Waals surface area contributed by atoms with E-state index in [1.807, 2.05) is 0 Å². The summed E-state index contributed by atoms with van der Waals surface area (Å²) >= 11 is 3.30. The van der Waals surface area contributed by atoms with Crippen molar-refractivity contribution in [3.63, 3.8) is 0 Å². The van der Waals surface area contributed by atoms with Gasteiger partial charge in [0.2, 0.25) is 11.7 Å². The first-order valence-corrected chi connectivity index (χ1v) is 5.94. The van der Waals surface area contributed by atoms with Crippen LogP contribution in [0.15, 0.2) is 27.2 Å². The molecule has 2 aromatic rings. The topological polar surface area (TPSA) is 74.2 Å². The molecule has 0 aliphatic heterocycles. The molecule has 1 aromatic carbocycles. The molecule has 0 spiro atoms. The predicted molar refractivity (Wildman–Crippen MR) is 66.2 cm³/mol. The highest BCUT2D eigenvalue weighted by Crippen LogP contribution is 2.27. The van der Waals surface area contributed by atoms with E-state index in [9.17, 15) is 4.39 Å². The number of nitrogens with two attached hydrogens (primary N) is 1. The molecule has 1 aromatic heterocycles. The summed E-state index contributed by atoms with van der Waals surface area (Å²) in [6, 6.07) is 3.74. The zero-order valence-electron chi connectivity index (χ0n) is 9.56. The van der Waals surface area contributed by atoms with Crippen LogP contribution in [0.3, 0.4) is 0 Å². The predicted octanol–water partition coefficient (Wildman–Crippen LogP) is 2.28. The van der Waals surface area contributed by atoms with Crippen molar-refractivity contribution in [2.75, 3.05) is 13.7 Å². The molecule has 0 saturated heterocycles. The van der Waals surface area contributed by atoms with Crippen LogP contribution < -0.4 is 5.73 Å². The van der Waals surface area contributed by atoms with Crippen molar-refractivity contribution in [2.24, 2.45) is 5.73 Å². The van der Waals surface area contributed by atoms with Gasteiger partial charge in [0.05, 0.1) is 6.61 Å². The van der Waals surface area contributed by atoms with Crippen molar-refractivity contribution >= 4 is 15.9 Å². The van der Waals surface area contributed by atoms with E-state index < -0.39 is 6.04 Å². The maximum Gasteiger partial charge on any atom is 0.246 e. The zero-order valence-corrected chi connectivity index (χ0v) is 11.1. The lowest BCUT2D eigenvalue weighted by Crippen LogP contribution is -2.16. The molecule has 0 fully saturated rings. The quantitative estimate of drug-likeness (QED) is 0.937. The Kier molecular flexibility index (Phi) is 4.05. The smallest absolute Gasteiger partial charge is 0.246 e. The fraction of sp³-hybridized carbons (Fsp3) is 0.273. The Bertz CT molecular complexity index is 547. The average Bonchev–Trinajstić information content (AvgIpc) is 2.82. The fourth-order valence-electron chi connectivity index (χ4n) is 1.41. The van der Waals surface area contributed by atoms with Gasteiger partial charge >= 0.3 is 0 Å². The Morgan fingerprint density at radius 1 is 1.56 bits per heavy atom. The molecular weight excluding hydrogens is 305 g/mol. The summed E-state index contributed by atoms with van der Waals surface area (Å²) in [6.07, 6.45) is 0. The van der Waals surface area contributed by atoms with Crippen LogP contribution >= 0.6 is 15.9 Å². The minimum absolute atomic E-state index is 0.253. The van der Waals surface area contributed by atoms with Crippen LogP contribution in [0.5, 0.6) is 0 Å². The zero-order chi connectivity index (χ0) is 13.1. The number of halogens is 2. The molecule has 2 rings (SSSR count). The summed E-state index contributed by atoms with van der Waals surface area (Å²) in [6.45, 7) is 0.270. The molecule has 0 aliphatic carbocycles. The summed E-state index contributed by atoms with van der Waals surface area (Å²) in [5.74, 6) is 0.159. The molecule has 0 bridgehead atoms. The normalized spacial score (nSPS) is 12.7. The van der Waals surface area contributed by atoms with E-state index in [2.05, 4.69) is 26.1 Å². The Morgan fingerprint density at radius 3 is 3.06 bits per heavy atom. The molecule has 1 heterocycles. The Morgan fingerprint density at radius 2 is 2.33 bits per heavy atom. The number of hydrogen-bond acceptors (Lipinski definition) is 5. The highest BCUT2D eigenvalue weighted by Gasteiger charge is 2.17. The monoisotopic (exact) mass is 315 g/mol. The molecule has 96 valence electrons. The first-order valence-electron chi connectivity index (χ1n) is 5.15. The molecule has 2 N–H and O–H groups in total. The fourth-order valence-corrected chi connectivity index (χ4v) is 1.84. The van der Waals surface area contributed by atoms with Crippen LogP contribution in [0.25, 0.3) is 11.4 Å². The van der Waals surface area contributed by atoms with E-state index in [0.717, 1.165) is 0 Å². The second-order valence-electron chi connectivity index (χ2n) is 3.64. The van der Waals surface area contributed by atoms with Gasteiger partial charge in [-0.05, 0) is 18.2 Å². The van der Waals surface area contributed by atoms with Crippen LogP contribution in [0.1, 0.15) is 11.9 Å². The number of ether oxygens (including phenoxy) is 1. The van der Waals surface area contributed by atoms with Gasteiger partial charge in [-0.15, -0.1) is 0 Å². The van der Waals surface area contributed by atoms with E-state index in [4.69, 9.17) is 15.0 Å². The lowest BCUT2D eigenvalue weighted by Gasteiger charge is -2.03. The number of methoxy groups -OCH3 is 1. The highest BCUT2D eigenvalue weighted by molar-refractivity contribution is 9.10. The standard InChI is InChI=1S/C11H11BrFN3O2/c1-17-5-9(14)11-15-10(16-18-11)7-4-6(13)2-3-8(7)12/h2-4,9H,5,14H2,1H3. The maximum absolute atomic E-state index is 13.2. The molecule has 7 heteroatoms. The highest BCUT2D eigenvalue weighted by atomic mass is 79.9. The van der Waals surface area contributed by atoms with Gasteiger partial charge in [0.1, 0.15) is 11.9 Å². The van der Waals surface area contributed by atoms with Crippen molar-refractivity contribution in [1.29, 1.82) is 0 Å². The number of rotatable bonds is 4. The summed E-state index contributed by atoms with van der Waals surface area (Å²) < 4.78 is 23.8. The Balaban J connectivity index is 2.32. The first-order chi connectivity index (χ1) is 8.61. The average molecular weight is 316 g/mol. The molecule has 1 atom stereocenters. The van der Waals surface area contributed by atoms with Gasteiger partial charge in [-0.25, -0.2) is 4.39 Å². The van der Waals surface area contributed by atoms with Crippen molar-refractivity contribution in [3.05, 3.63) is 34.4 Å². The van der Waals surface area contributed by atoms with Crippen molar-refractivity contribution in [2.45, 2.75) is 6.04 Å². The molecule has 18 heavy (non-hydrogen) atoms. The van der Waals surface area contributed by atoms with E-state index in [1.54, 1.807) is 6.07 Å². The number of hydrogen-bond donors (Lipinski definition) is 1. The second kappa shape index (κ2) is 5.55. The van der Waals surface area contributed by atoms with Gasteiger partial charge < -0.3 is 15.0 Å². The third-order valence-electron chi connectivity index (χ3n) is 2.27. The van der Waals surface area contributed by atoms with Gasteiger partial charge in [0, 0.05) is 17.1 Å². The number of benzene rings is 1. The number of nitrogens with zero attached hydrogens (tertiary/aromatic N) is 2. The van der Waals surface area contributed by atoms with Crippen molar-refractivity contribution in [1.82, 2.24) is 10.1 Å². The third kappa shape index (κ3) is 2.74. The van der Waals surface area contributed by atoms with E-state index in [-0.39, 0.29) is 24.1 Å². The third-order valence-corrected chi connectivity index (χ3v) is 2.97. The van der Waals surface area contributed by atoms with Crippen molar-refractivity contribution in [3.8, 4) is 11.4 Å². The summed E-state index contributed by atoms with van der Waals surface area (Å²) in [7, 11) is 1.53. The van der Waals surface area contributed by atoms with Gasteiger partial charge in [-0.1, -0.05) is 21.1 Å². The van der Waals surface area contributed by atoms with Gasteiger partial charge in [-0.3, -0.25) is 0 Å². The van der Waals surface area contributed by atoms with Gasteiger partial charge in [0.25, 0.3) is 0 Å². The maximum atomic E-state index is 13.2. The SMILES string of the molecule is COCC(N)c1nc(-c2cc(F)ccc2Br)no1. The second-order valence-corrected chi connectivity index (χ2v) is 4.50. The van der Waals surface area contributed by atoms with Gasteiger partial charge in [-0.2, -0.15) is 4.98 Å². The first kappa shape index (κ1) is 13.1. The molecule has 0 saturated carbocycles. The van der Waals surface area contributed by atoms with Crippen LogP contribution in [-0.4, -0.2) is 23.9 Å². The number of aromatic nitrogens is 2. The molecule has 0 radical (unpaired) electrons. The lowest BCUT2D eigenvalue weighted by atomic mass is 10.2. The van der Waals surface area contributed by atoms with E-state index >= 15 is 0 Å². The summed E-state index contributed by atoms with van der Waals surface area (Å²) in [4.78, 5) is 4.12. The molecule has 0 amide bonds. The molecule has 1 unspecified atom stereocenters. The summed E-state index contributed by atoms with van der Waals surface area (Å²) in [5, 5.41) is 3.77.